The van der Waals surface area contributed by atoms with Gasteiger partial charge in [0.15, 0.2) is 0 Å². The van der Waals surface area contributed by atoms with E-state index in [-0.39, 0.29) is 18.1 Å². The van der Waals surface area contributed by atoms with Crippen LogP contribution in [0.1, 0.15) is 20.8 Å². The average Bonchev–Trinajstić information content (AvgIpc) is 2.28. The summed E-state index contributed by atoms with van der Waals surface area (Å²) in [6.07, 6.45) is 0. The molecule has 100 valence electrons. The van der Waals surface area contributed by atoms with Gasteiger partial charge in [-0.3, -0.25) is 4.79 Å². The van der Waals surface area contributed by atoms with E-state index in [9.17, 15) is 4.79 Å². The summed E-state index contributed by atoms with van der Waals surface area (Å²) in [7, 11) is 1.55. The lowest BCUT2D eigenvalue weighted by molar-refractivity contribution is -0.125. The van der Waals surface area contributed by atoms with Crippen molar-refractivity contribution in [2.24, 2.45) is 0 Å². The Morgan fingerprint density at radius 2 is 2.06 bits per heavy atom. The standard InChI is InChI=1S/C13H18ClNO3/c1-13(2,3)18-8-12(16)15-11-7-9(17-4)5-6-10(11)14/h5-7H,8H2,1-4H3,(H,15,16). The zero-order valence-corrected chi connectivity index (χ0v) is 11.8. The Balaban J connectivity index is 2.64. The summed E-state index contributed by atoms with van der Waals surface area (Å²) in [5, 5.41) is 3.14. The van der Waals surface area contributed by atoms with Gasteiger partial charge in [0.2, 0.25) is 5.91 Å². The van der Waals surface area contributed by atoms with E-state index >= 15 is 0 Å². The van der Waals surface area contributed by atoms with Crippen molar-refractivity contribution in [1.29, 1.82) is 0 Å². The van der Waals surface area contributed by atoms with Crippen LogP contribution in [0.3, 0.4) is 0 Å². The lowest BCUT2D eigenvalue weighted by atomic mass is 10.2. The predicted molar refractivity (Wildman–Crippen MR) is 72.3 cm³/mol. The van der Waals surface area contributed by atoms with Crippen molar-refractivity contribution in [3.63, 3.8) is 0 Å². The molecular formula is C13H18ClNO3. The van der Waals surface area contributed by atoms with Gasteiger partial charge in [0.1, 0.15) is 12.4 Å². The number of anilines is 1. The second-order valence-corrected chi connectivity index (χ2v) is 5.20. The van der Waals surface area contributed by atoms with Gasteiger partial charge >= 0.3 is 0 Å². The van der Waals surface area contributed by atoms with E-state index in [1.165, 1.54) is 0 Å². The van der Waals surface area contributed by atoms with Gasteiger partial charge in [-0.25, -0.2) is 0 Å². The molecule has 0 aromatic heterocycles. The van der Waals surface area contributed by atoms with Gasteiger partial charge in [-0.15, -0.1) is 0 Å². The molecule has 0 aliphatic carbocycles. The molecule has 0 atom stereocenters. The molecule has 0 fully saturated rings. The first kappa shape index (κ1) is 14.8. The number of amides is 1. The molecule has 1 amide bonds. The smallest absolute Gasteiger partial charge is 0.250 e. The van der Waals surface area contributed by atoms with Crippen LogP contribution in [-0.2, 0) is 9.53 Å². The van der Waals surface area contributed by atoms with E-state index in [4.69, 9.17) is 21.1 Å². The highest BCUT2D eigenvalue weighted by molar-refractivity contribution is 6.33. The molecule has 0 heterocycles. The Morgan fingerprint density at radius 3 is 2.61 bits per heavy atom. The van der Waals surface area contributed by atoms with Crippen molar-refractivity contribution in [3.8, 4) is 5.75 Å². The van der Waals surface area contributed by atoms with Crippen molar-refractivity contribution < 1.29 is 14.3 Å². The van der Waals surface area contributed by atoms with E-state index in [1.54, 1.807) is 25.3 Å². The summed E-state index contributed by atoms with van der Waals surface area (Å²) in [6.45, 7) is 5.65. The molecular weight excluding hydrogens is 254 g/mol. The van der Waals surface area contributed by atoms with Crippen molar-refractivity contribution >= 4 is 23.2 Å². The quantitative estimate of drug-likeness (QED) is 0.915. The van der Waals surface area contributed by atoms with Gasteiger partial charge in [0.25, 0.3) is 0 Å². The first-order chi connectivity index (χ1) is 8.31. The highest BCUT2D eigenvalue weighted by atomic mass is 35.5. The van der Waals surface area contributed by atoms with Crippen LogP contribution in [0.2, 0.25) is 5.02 Å². The first-order valence-electron chi connectivity index (χ1n) is 5.59. The Morgan fingerprint density at radius 1 is 1.39 bits per heavy atom. The van der Waals surface area contributed by atoms with Crippen LogP contribution in [0.5, 0.6) is 5.75 Å². The van der Waals surface area contributed by atoms with Crippen LogP contribution in [0.25, 0.3) is 0 Å². The van der Waals surface area contributed by atoms with Crippen molar-refractivity contribution in [2.75, 3.05) is 19.0 Å². The molecule has 1 rings (SSSR count). The average molecular weight is 272 g/mol. The van der Waals surface area contributed by atoms with Crippen molar-refractivity contribution in [2.45, 2.75) is 26.4 Å². The molecule has 0 spiro atoms. The topological polar surface area (TPSA) is 47.6 Å². The number of halogens is 1. The normalized spacial score (nSPS) is 11.2. The second-order valence-electron chi connectivity index (χ2n) is 4.80. The maximum Gasteiger partial charge on any atom is 0.250 e. The SMILES string of the molecule is COc1ccc(Cl)c(NC(=O)COC(C)(C)C)c1. The van der Waals surface area contributed by atoms with Crippen molar-refractivity contribution in [1.82, 2.24) is 0 Å². The lowest BCUT2D eigenvalue weighted by Crippen LogP contribution is -2.27. The highest BCUT2D eigenvalue weighted by Gasteiger charge is 2.14. The lowest BCUT2D eigenvalue weighted by Gasteiger charge is -2.19. The molecule has 1 N–H and O–H groups in total. The maximum absolute atomic E-state index is 11.7. The fraction of sp³-hybridized carbons (Fsp3) is 0.462. The molecule has 0 aliphatic heterocycles. The van der Waals surface area contributed by atoms with Crippen LogP contribution < -0.4 is 10.1 Å². The molecule has 5 heteroatoms. The number of benzene rings is 1. The minimum atomic E-state index is -0.352. The number of methoxy groups -OCH3 is 1. The molecule has 0 saturated heterocycles. The number of hydrogen-bond donors (Lipinski definition) is 1. The van der Waals surface area contributed by atoms with Crippen LogP contribution in [-0.4, -0.2) is 25.2 Å². The molecule has 0 radical (unpaired) electrons. The first-order valence-corrected chi connectivity index (χ1v) is 5.97. The largest absolute Gasteiger partial charge is 0.497 e. The van der Waals surface area contributed by atoms with Gasteiger partial charge < -0.3 is 14.8 Å². The maximum atomic E-state index is 11.7. The summed E-state index contributed by atoms with van der Waals surface area (Å²) in [5.74, 6) is 0.381. The molecule has 0 aliphatic rings. The van der Waals surface area contributed by atoms with Crippen LogP contribution in [0.4, 0.5) is 5.69 Å². The van der Waals surface area contributed by atoms with E-state index in [1.807, 2.05) is 20.8 Å². The Labute approximate surface area is 112 Å². The zero-order chi connectivity index (χ0) is 13.8. The van der Waals surface area contributed by atoms with Gasteiger partial charge in [-0.2, -0.15) is 0 Å². The molecule has 4 nitrogen and oxygen atoms in total. The van der Waals surface area contributed by atoms with Gasteiger partial charge in [0.05, 0.1) is 23.4 Å². The molecule has 18 heavy (non-hydrogen) atoms. The van der Waals surface area contributed by atoms with Crippen molar-refractivity contribution in [3.05, 3.63) is 23.2 Å². The van der Waals surface area contributed by atoms with Gasteiger partial charge in [-0.05, 0) is 32.9 Å². The minimum absolute atomic E-state index is 0.0168. The fourth-order valence-corrected chi connectivity index (χ4v) is 1.36. The summed E-state index contributed by atoms with van der Waals surface area (Å²) in [6, 6.07) is 5.06. The third-order valence-corrected chi connectivity index (χ3v) is 2.41. The molecule has 0 bridgehead atoms. The van der Waals surface area contributed by atoms with Gasteiger partial charge in [-0.1, -0.05) is 11.6 Å². The van der Waals surface area contributed by atoms with E-state index in [2.05, 4.69) is 5.32 Å². The number of hydrogen-bond acceptors (Lipinski definition) is 3. The van der Waals surface area contributed by atoms with Crippen LogP contribution in [0, 0.1) is 0 Å². The Kier molecular flexibility index (Phi) is 4.99. The summed E-state index contributed by atoms with van der Waals surface area (Å²) in [4.78, 5) is 11.7. The molecule has 0 saturated carbocycles. The third-order valence-electron chi connectivity index (χ3n) is 2.08. The van der Waals surface area contributed by atoms with E-state index in [0.29, 0.717) is 16.5 Å². The molecule has 1 aromatic carbocycles. The Hall–Kier alpha value is -1.26. The predicted octanol–water partition coefficient (Wildman–Crippen LogP) is 3.10. The number of carbonyl (C=O) groups is 1. The van der Waals surface area contributed by atoms with Crippen LogP contribution >= 0.6 is 11.6 Å². The van der Waals surface area contributed by atoms with E-state index < -0.39 is 0 Å². The Bertz CT molecular complexity index is 427. The molecule has 1 aromatic rings. The fourth-order valence-electron chi connectivity index (χ4n) is 1.20. The number of nitrogens with one attached hydrogen (secondary N) is 1. The minimum Gasteiger partial charge on any atom is -0.497 e. The number of carbonyl (C=O) groups excluding carboxylic acids is 1. The highest BCUT2D eigenvalue weighted by Crippen LogP contribution is 2.26. The zero-order valence-electron chi connectivity index (χ0n) is 11.0. The summed E-state index contributed by atoms with van der Waals surface area (Å²) >= 11 is 5.98. The van der Waals surface area contributed by atoms with Gasteiger partial charge in [0, 0.05) is 6.07 Å². The third kappa shape index (κ3) is 4.94. The monoisotopic (exact) mass is 271 g/mol. The summed E-state index contributed by atoms with van der Waals surface area (Å²) in [5.41, 5.74) is 0.161. The second kappa shape index (κ2) is 6.07. The number of rotatable bonds is 4. The summed E-state index contributed by atoms with van der Waals surface area (Å²) < 4.78 is 10.4. The van der Waals surface area contributed by atoms with Crippen LogP contribution in [0.15, 0.2) is 18.2 Å². The van der Waals surface area contributed by atoms with E-state index in [0.717, 1.165) is 0 Å². The number of ether oxygens (including phenoxy) is 2. The molecule has 0 unspecified atom stereocenters.